The van der Waals surface area contributed by atoms with Crippen molar-refractivity contribution in [2.75, 3.05) is 6.61 Å². The van der Waals surface area contributed by atoms with Crippen LogP contribution in [0.1, 0.15) is 43.3 Å². The SMILES string of the molecule is CCc1ccc(OCC(=O)NNC(=O)Cc2c(C)nn(CC(C)C)c2C)cc1. The standard InChI is InChI=1S/C21H30N4O3/c1-6-17-7-9-18(10-8-17)28-13-21(27)23-22-20(26)11-19-15(4)24-25(16(19)5)12-14(2)3/h7-10,14H,6,11-13H2,1-5H3,(H,22,26)(H,23,27). The molecule has 0 saturated heterocycles. The van der Waals surface area contributed by atoms with Crippen LogP contribution in [-0.2, 0) is 29.0 Å². The van der Waals surface area contributed by atoms with Crippen LogP contribution < -0.4 is 15.6 Å². The van der Waals surface area contributed by atoms with E-state index in [-0.39, 0.29) is 18.9 Å². The van der Waals surface area contributed by atoms with E-state index in [2.05, 4.69) is 36.7 Å². The first-order chi connectivity index (χ1) is 13.3. The maximum atomic E-state index is 12.2. The van der Waals surface area contributed by atoms with E-state index in [9.17, 15) is 9.59 Å². The number of nitrogens with one attached hydrogen (secondary N) is 2. The molecule has 0 atom stereocenters. The monoisotopic (exact) mass is 386 g/mol. The van der Waals surface area contributed by atoms with Gasteiger partial charge in [0.25, 0.3) is 5.91 Å². The average Bonchev–Trinajstić information content (AvgIpc) is 2.92. The number of ether oxygens (including phenoxy) is 1. The highest BCUT2D eigenvalue weighted by molar-refractivity contribution is 5.84. The maximum absolute atomic E-state index is 12.2. The molecule has 0 aliphatic rings. The zero-order chi connectivity index (χ0) is 20.7. The van der Waals surface area contributed by atoms with Gasteiger partial charge >= 0.3 is 0 Å². The summed E-state index contributed by atoms with van der Waals surface area (Å²) in [6.45, 7) is 10.8. The summed E-state index contributed by atoms with van der Waals surface area (Å²) in [5.74, 6) is 0.368. The molecule has 2 aromatic rings. The number of nitrogens with zero attached hydrogens (tertiary/aromatic N) is 2. The lowest BCUT2D eigenvalue weighted by atomic mass is 10.1. The van der Waals surface area contributed by atoms with Crippen LogP contribution in [0, 0.1) is 19.8 Å². The van der Waals surface area contributed by atoms with Crippen molar-refractivity contribution < 1.29 is 14.3 Å². The van der Waals surface area contributed by atoms with Crippen molar-refractivity contribution in [3.8, 4) is 5.75 Å². The van der Waals surface area contributed by atoms with Gasteiger partial charge in [0.05, 0.1) is 12.1 Å². The van der Waals surface area contributed by atoms with Crippen molar-refractivity contribution in [1.82, 2.24) is 20.6 Å². The Bertz CT molecular complexity index is 810. The smallest absolute Gasteiger partial charge is 0.276 e. The first-order valence-corrected chi connectivity index (χ1v) is 9.62. The van der Waals surface area contributed by atoms with E-state index in [4.69, 9.17) is 4.74 Å². The highest BCUT2D eigenvalue weighted by Crippen LogP contribution is 2.15. The van der Waals surface area contributed by atoms with E-state index in [0.717, 1.165) is 29.9 Å². The van der Waals surface area contributed by atoms with Gasteiger partial charge in [-0.15, -0.1) is 0 Å². The molecule has 0 radical (unpaired) electrons. The number of carbonyl (C=O) groups excluding carboxylic acids is 2. The second-order valence-corrected chi connectivity index (χ2v) is 7.28. The fraction of sp³-hybridized carbons (Fsp3) is 0.476. The Kier molecular flexibility index (Phi) is 7.61. The minimum Gasteiger partial charge on any atom is -0.484 e. The van der Waals surface area contributed by atoms with Crippen LogP contribution in [0.2, 0.25) is 0 Å². The molecule has 0 bridgehead atoms. The van der Waals surface area contributed by atoms with Gasteiger partial charge in [-0.3, -0.25) is 25.1 Å². The minimum atomic E-state index is -0.420. The lowest BCUT2D eigenvalue weighted by Crippen LogP contribution is -2.44. The molecule has 0 spiro atoms. The molecule has 0 aliphatic carbocycles. The number of hydrogen-bond donors (Lipinski definition) is 2. The molecule has 28 heavy (non-hydrogen) atoms. The summed E-state index contributed by atoms with van der Waals surface area (Å²) in [6.07, 6.45) is 1.11. The lowest BCUT2D eigenvalue weighted by Gasteiger charge is -2.10. The molecular formula is C21H30N4O3. The second-order valence-electron chi connectivity index (χ2n) is 7.28. The number of aromatic nitrogens is 2. The Morgan fingerprint density at radius 1 is 1.11 bits per heavy atom. The van der Waals surface area contributed by atoms with Crippen LogP contribution in [-0.4, -0.2) is 28.2 Å². The maximum Gasteiger partial charge on any atom is 0.276 e. The minimum absolute atomic E-state index is 0.162. The molecule has 0 unspecified atom stereocenters. The van der Waals surface area contributed by atoms with E-state index < -0.39 is 5.91 Å². The van der Waals surface area contributed by atoms with Crippen LogP contribution in [0.3, 0.4) is 0 Å². The topological polar surface area (TPSA) is 85.2 Å². The molecule has 0 fully saturated rings. The van der Waals surface area contributed by atoms with Gasteiger partial charge in [-0.05, 0) is 43.9 Å². The molecule has 2 amide bonds. The second kappa shape index (κ2) is 9.92. The Labute approximate surface area is 166 Å². The molecule has 2 rings (SSSR count). The van der Waals surface area contributed by atoms with Crippen molar-refractivity contribution in [1.29, 1.82) is 0 Å². The van der Waals surface area contributed by atoms with Crippen molar-refractivity contribution in [2.45, 2.75) is 54.0 Å². The van der Waals surface area contributed by atoms with Crippen LogP contribution >= 0.6 is 0 Å². The normalized spacial score (nSPS) is 10.8. The van der Waals surface area contributed by atoms with E-state index in [1.807, 2.05) is 42.8 Å². The summed E-state index contributed by atoms with van der Waals surface area (Å²) >= 11 is 0. The van der Waals surface area contributed by atoms with Gasteiger partial charge in [0.15, 0.2) is 6.61 Å². The summed E-state index contributed by atoms with van der Waals surface area (Å²) in [5.41, 5.74) is 8.72. The number of hydrogen-bond acceptors (Lipinski definition) is 4. The van der Waals surface area contributed by atoms with Crippen molar-refractivity contribution in [3.63, 3.8) is 0 Å². The first-order valence-electron chi connectivity index (χ1n) is 9.62. The third-order valence-corrected chi connectivity index (χ3v) is 4.45. The number of amides is 2. The molecule has 7 nitrogen and oxygen atoms in total. The van der Waals surface area contributed by atoms with Crippen LogP contribution in [0.25, 0.3) is 0 Å². The Morgan fingerprint density at radius 3 is 2.36 bits per heavy atom. The Balaban J connectivity index is 1.80. The molecule has 0 saturated carbocycles. The Morgan fingerprint density at radius 2 is 1.75 bits per heavy atom. The fourth-order valence-electron chi connectivity index (χ4n) is 2.86. The van der Waals surface area contributed by atoms with Gasteiger partial charge in [-0.2, -0.15) is 5.10 Å². The zero-order valence-corrected chi connectivity index (χ0v) is 17.3. The van der Waals surface area contributed by atoms with Gasteiger partial charge in [0.2, 0.25) is 5.91 Å². The van der Waals surface area contributed by atoms with Crippen molar-refractivity contribution in [2.24, 2.45) is 5.92 Å². The number of benzene rings is 1. The van der Waals surface area contributed by atoms with Crippen molar-refractivity contribution in [3.05, 3.63) is 46.8 Å². The van der Waals surface area contributed by atoms with Gasteiger partial charge < -0.3 is 4.74 Å². The van der Waals surface area contributed by atoms with Crippen molar-refractivity contribution >= 4 is 11.8 Å². The van der Waals surface area contributed by atoms with Gasteiger partial charge in [-0.1, -0.05) is 32.9 Å². The number of aryl methyl sites for hydroxylation is 2. The van der Waals surface area contributed by atoms with Crippen LogP contribution in [0.15, 0.2) is 24.3 Å². The lowest BCUT2D eigenvalue weighted by molar-refractivity contribution is -0.129. The molecule has 1 aromatic carbocycles. The zero-order valence-electron chi connectivity index (χ0n) is 17.3. The van der Waals surface area contributed by atoms with Gasteiger partial charge in [0.1, 0.15) is 5.75 Å². The predicted octanol–water partition coefficient (Wildman–Crippen LogP) is 2.49. The van der Waals surface area contributed by atoms with E-state index in [0.29, 0.717) is 11.7 Å². The quantitative estimate of drug-likeness (QED) is 0.683. The van der Waals surface area contributed by atoms with Crippen LogP contribution in [0.5, 0.6) is 5.75 Å². The van der Waals surface area contributed by atoms with E-state index in [1.54, 1.807) is 0 Å². The summed E-state index contributed by atoms with van der Waals surface area (Å²) < 4.78 is 7.35. The third kappa shape index (κ3) is 6.11. The van der Waals surface area contributed by atoms with Crippen LogP contribution in [0.4, 0.5) is 0 Å². The Hall–Kier alpha value is -2.83. The molecule has 7 heteroatoms. The fourth-order valence-corrected chi connectivity index (χ4v) is 2.86. The highest BCUT2D eigenvalue weighted by atomic mass is 16.5. The summed E-state index contributed by atoms with van der Waals surface area (Å²) in [5, 5.41) is 4.50. The molecule has 1 heterocycles. The van der Waals surface area contributed by atoms with E-state index in [1.165, 1.54) is 5.56 Å². The number of carbonyl (C=O) groups is 2. The highest BCUT2D eigenvalue weighted by Gasteiger charge is 2.16. The van der Waals surface area contributed by atoms with E-state index >= 15 is 0 Å². The molecule has 1 aromatic heterocycles. The largest absolute Gasteiger partial charge is 0.484 e. The molecular weight excluding hydrogens is 356 g/mol. The number of hydrazine groups is 1. The first kappa shape index (κ1) is 21.5. The number of rotatable bonds is 8. The summed E-state index contributed by atoms with van der Waals surface area (Å²) in [4.78, 5) is 24.1. The summed E-state index contributed by atoms with van der Waals surface area (Å²) in [7, 11) is 0. The molecule has 2 N–H and O–H groups in total. The summed E-state index contributed by atoms with van der Waals surface area (Å²) in [6, 6.07) is 7.56. The molecule has 0 aliphatic heterocycles. The van der Waals surface area contributed by atoms with Gasteiger partial charge in [0, 0.05) is 17.8 Å². The average molecular weight is 386 g/mol. The van der Waals surface area contributed by atoms with Gasteiger partial charge in [-0.25, -0.2) is 0 Å². The third-order valence-electron chi connectivity index (χ3n) is 4.45. The predicted molar refractivity (Wildman–Crippen MR) is 108 cm³/mol. The molecule has 152 valence electrons.